The SMILES string of the molecule is C/C=C\C(Br)=C/N=C(N)OC. The molecule has 4 heteroatoms. The molecule has 0 unspecified atom stereocenters. The van der Waals surface area contributed by atoms with E-state index in [0.29, 0.717) is 0 Å². The molecular formula is C7H11BrN2O. The Labute approximate surface area is 74.8 Å². The number of hydrogen-bond acceptors (Lipinski definition) is 2. The van der Waals surface area contributed by atoms with Crippen molar-refractivity contribution in [3.8, 4) is 0 Å². The molecule has 0 amide bonds. The van der Waals surface area contributed by atoms with Crippen molar-refractivity contribution in [3.05, 3.63) is 22.8 Å². The van der Waals surface area contributed by atoms with E-state index in [-0.39, 0.29) is 6.02 Å². The van der Waals surface area contributed by atoms with Crippen LogP contribution < -0.4 is 5.73 Å². The Bertz CT molecular complexity index is 197. The first-order valence-electron chi connectivity index (χ1n) is 3.06. The van der Waals surface area contributed by atoms with Gasteiger partial charge in [0.15, 0.2) is 0 Å². The lowest BCUT2D eigenvalue weighted by molar-refractivity contribution is 0.397. The molecule has 0 aromatic carbocycles. The van der Waals surface area contributed by atoms with Crippen molar-refractivity contribution in [2.75, 3.05) is 7.11 Å². The molecule has 0 fully saturated rings. The van der Waals surface area contributed by atoms with Gasteiger partial charge in [0.05, 0.1) is 7.11 Å². The van der Waals surface area contributed by atoms with Crippen LogP contribution in [0, 0.1) is 0 Å². The highest BCUT2D eigenvalue weighted by atomic mass is 79.9. The fourth-order valence-corrected chi connectivity index (χ4v) is 0.747. The predicted octanol–water partition coefficient (Wildman–Crippen LogP) is 1.76. The summed E-state index contributed by atoms with van der Waals surface area (Å²) in [5, 5.41) is 0. The van der Waals surface area contributed by atoms with Gasteiger partial charge >= 0.3 is 0 Å². The topological polar surface area (TPSA) is 47.6 Å². The Hall–Kier alpha value is -0.770. The van der Waals surface area contributed by atoms with E-state index in [2.05, 4.69) is 25.7 Å². The highest BCUT2D eigenvalue weighted by Crippen LogP contribution is 2.05. The van der Waals surface area contributed by atoms with Crippen molar-refractivity contribution in [2.24, 2.45) is 10.7 Å². The fraction of sp³-hybridized carbons (Fsp3) is 0.286. The molecule has 0 spiro atoms. The number of aliphatic imine (C=N–C) groups is 1. The van der Waals surface area contributed by atoms with Gasteiger partial charge in [-0.3, -0.25) is 0 Å². The number of halogens is 1. The van der Waals surface area contributed by atoms with Gasteiger partial charge in [0.1, 0.15) is 0 Å². The van der Waals surface area contributed by atoms with Gasteiger partial charge in [0.25, 0.3) is 6.02 Å². The Kier molecular flexibility index (Phi) is 5.56. The number of amidine groups is 1. The molecule has 0 atom stereocenters. The van der Waals surface area contributed by atoms with Crippen LogP contribution in [0.25, 0.3) is 0 Å². The molecule has 2 N–H and O–H groups in total. The maximum absolute atomic E-state index is 5.26. The Morgan fingerprint density at radius 1 is 1.64 bits per heavy atom. The Balaban J connectivity index is 4.10. The first kappa shape index (κ1) is 10.2. The van der Waals surface area contributed by atoms with Crippen LogP contribution in [-0.4, -0.2) is 13.1 Å². The molecule has 0 aromatic heterocycles. The molecule has 62 valence electrons. The molecule has 0 bridgehead atoms. The maximum atomic E-state index is 5.26. The van der Waals surface area contributed by atoms with E-state index in [4.69, 9.17) is 5.73 Å². The number of ether oxygens (including phenoxy) is 1. The van der Waals surface area contributed by atoms with Crippen molar-refractivity contribution in [2.45, 2.75) is 6.92 Å². The second kappa shape index (κ2) is 5.97. The number of nitrogens with two attached hydrogens (primary N) is 1. The third-order valence-corrected chi connectivity index (χ3v) is 1.32. The van der Waals surface area contributed by atoms with Gasteiger partial charge < -0.3 is 10.5 Å². The fourth-order valence-electron chi connectivity index (χ4n) is 0.380. The smallest absolute Gasteiger partial charge is 0.286 e. The molecule has 3 nitrogen and oxygen atoms in total. The number of allylic oxidation sites excluding steroid dienone is 3. The molecule has 0 saturated heterocycles. The van der Waals surface area contributed by atoms with E-state index >= 15 is 0 Å². The molecule has 0 aliphatic heterocycles. The van der Waals surface area contributed by atoms with Gasteiger partial charge in [-0.25, -0.2) is 4.99 Å². The summed E-state index contributed by atoms with van der Waals surface area (Å²) in [4.78, 5) is 3.77. The van der Waals surface area contributed by atoms with Gasteiger partial charge in [-0.05, 0) is 22.9 Å². The zero-order valence-corrected chi connectivity index (χ0v) is 8.13. The number of rotatable bonds is 2. The molecule has 11 heavy (non-hydrogen) atoms. The van der Waals surface area contributed by atoms with Crippen molar-refractivity contribution < 1.29 is 4.74 Å². The minimum atomic E-state index is 0.145. The molecule has 0 saturated carbocycles. The largest absolute Gasteiger partial charge is 0.469 e. The normalized spacial score (nSPS) is 14.1. The van der Waals surface area contributed by atoms with Crippen LogP contribution in [0.2, 0.25) is 0 Å². The molecule has 0 aromatic rings. The van der Waals surface area contributed by atoms with Crippen molar-refractivity contribution in [1.82, 2.24) is 0 Å². The first-order chi connectivity index (χ1) is 5.20. The van der Waals surface area contributed by atoms with Crippen LogP contribution >= 0.6 is 15.9 Å². The van der Waals surface area contributed by atoms with Crippen LogP contribution in [0.4, 0.5) is 0 Å². The average Bonchev–Trinajstić information content (AvgIpc) is 2.01. The van der Waals surface area contributed by atoms with Gasteiger partial charge in [0, 0.05) is 10.7 Å². The van der Waals surface area contributed by atoms with E-state index in [1.165, 1.54) is 7.11 Å². The third-order valence-electron chi connectivity index (χ3n) is 0.850. The van der Waals surface area contributed by atoms with Crippen molar-refractivity contribution in [1.29, 1.82) is 0 Å². The Morgan fingerprint density at radius 2 is 2.27 bits per heavy atom. The lowest BCUT2D eigenvalue weighted by Crippen LogP contribution is -2.12. The monoisotopic (exact) mass is 218 g/mol. The van der Waals surface area contributed by atoms with Gasteiger partial charge in [-0.1, -0.05) is 12.2 Å². The summed E-state index contributed by atoms with van der Waals surface area (Å²) in [6, 6.07) is 0.145. The summed E-state index contributed by atoms with van der Waals surface area (Å²) >= 11 is 3.25. The minimum absolute atomic E-state index is 0.145. The van der Waals surface area contributed by atoms with Gasteiger partial charge in [0.2, 0.25) is 0 Å². The summed E-state index contributed by atoms with van der Waals surface area (Å²) < 4.78 is 5.46. The molecule has 0 rings (SSSR count). The average molecular weight is 219 g/mol. The molecular weight excluding hydrogens is 208 g/mol. The molecule has 0 aliphatic rings. The maximum Gasteiger partial charge on any atom is 0.286 e. The highest BCUT2D eigenvalue weighted by molar-refractivity contribution is 9.11. The quantitative estimate of drug-likeness (QED) is 0.437. The Morgan fingerprint density at radius 3 is 2.73 bits per heavy atom. The second-order valence-corrected chi connectivity index (χ2v) is 2.60. The number of methoxy groups -OCH3 is 1. The molecule has 0 heterocycles. The standard InChI is InChI=1S/C7H11BrN2O/c1-3-4-6(8)5-10-7(9)11-2/h3-5H,1-2H3,(H2,9,10)/b4-3-,6-5+. The van der Waals surface area contributed by atoms with Crippen LogP contribution in [0.3, 0.4) is 0 Å². The minimum Gasteiger partial charge on any atom is -0.469 e. The zero-order valence-electron chi connectivity index (χ0n) is 6.54. The van der Waals surface area contributed by atoms with E-state index in [9.17, 15) is 0 Å². The third kappa shape index (κ3) is 5.66. The molecule has 0 aliphatic carbocycles. The van der Waals surface area contributed by atoms with E-state index in [0.717, 1.165) is 4.48 Å². The summed E-state index contributed by atoms with van der Waals surface area (Å²) in [5.74, 6) is 0. The number of hydrogen-bond donors (Lipinski definition) is 1. The van der Waals surface area contributed by atoms with Gasteiger partial charge in [-0.15, -0.1) is 0 Å². The zero-order chi connectivity index (χ0) is 8.69. The first-order valence-corrected chi connectivity index (χ1v) is 3.85. The van der Waals surface area contributed by atoms with Crippen molar-refractivity contribution >= 4 is 22.0 Å². The summed E-state index contributed by atoms with van der Waals surface area (Å²) in [6.45, 7) is 1.92. The van der Waals surface area contributed by atoms with E-state index in [1.54, 1.807) is 6.20 Å². The summed E-state index contributed by atoms with van der Waals surface area (Å²) in [7, 11) is 1.47. The number of nitrogens with zero attached hydrogens (tertiary/aromatic N) is 1. The van der Waals surface area contributed by atoms with E-state index < -0.39 is 0 Å². The highest BCUT2D eigenvalue weighted by Gasteiger charge is 1.84. The lowest BCUT2D eigenvalue weighted by atomic mass is 10.5. The van der Waals surface area contributed by atoms with Crippen molar-refractivity contribution in [3.63, 3.8) is 0 Å². The summed E-state index contributed by atoms with van der Waals surface area (Å²) in [5.41, 5.74) is 5.26. The van der Waals surface area contributed by atoms with Crippen LogP contribution in [0.15, 0.2) is 27.8 Å². The van der Waals surface area contributed by atoms with Crippen LogP contribution in [0.1, 0.15) is 6.92 Å². The van der Waals surface area contributed by atoms with Crippen LogP contribution in [-0.2, 0) is 4.74 Å². The lowest BCUT2D eigenvalue weighted by Gasteiger charge is -1.92. The second-order valence-electron chi connectivity index (χ2n) is 1.69. The van der Waals surface area contributed by atoms with E-state index in [1.807, 2.05) is 19.1 Å². The predicted molar refractivity (Wildman–Crippen MR) is 50.5 cm³/mol. The molecule has 0 radical (unpaired) electrons. The summed E-state index contributed by atoms with van der Waals surface area (Å²) in [6.07, 6.45) is 5.31. The van der Waals surface area contributed by atoms with Gasteiger partial charge in [-0.2, -0.15) is 0 Å². The van der Waals surface area contributed by atoms with Crippen LogP contribution in [0.5, 0.6) is 0 Å².